The molecule has 0 radical (unpaired) electrons. The van der Waals surface area contributed by atoms with Crippen LogP contribution in [-0.2, 0) is 0 Å². The maximum atomic E-state index is 5.53. The molecule has 0 amide bonds. The molecule has 0 aromatic carbocycles. The second kappa shape index (κ2) is 6.44. The molecule has 1 heteroatoms. The predicted octanol–water partition coefficient (Wildman–Crippen LogP) is 3.58. The van der Waals surface area contributed by atoms with Gasteiger partial charge in [0, 0.05) is 0 Å². The Morgan fingerprint density at radius 2 is 1.71 bits per heavy atom. The van der Waals surface area contributed by atoms with Crippen LogP contribution in [0.25, 0.3) is 0 Å². The first-order valence-electron chi connectivity index (χ1n) is 6.51. The minimum atomic E-state index is 0.876. The highest BCUT2D eigenvalue weighted by atomic mass is 14.5. The van der Waals surface area contributed by atoms with Crippen molar-refractivity contribution in [2.45, 2.75) is 58.8 Å². The molecule has 0 spiro atoms. The van der Waals surface area contributed by atoms with Crippen molar-refractivity contribution in [2.24, 2.45) is 23.5 Å². The summed E-state index contributed by atoms with van der Waals surface area (Å²) in [6, 6.07) is 0. The highest BCUT2D eigenvalue weighted by Gasteiger charge is 2.31. The Balaban J connectivity index is 2.27. The lowest BCUT2D eigenvalue weighted by atomic mass is 9.89. The van der Waals surface area contributed by atoms with Crippen LogP contribution in [0.1, 0.15) is 58.8 Å². The lowest BCUT2D eigenvalue weighted by Gasteiger charge is -2.17. The molecule has 1 nitrogen and oxygen atoms in total. The molecular formula is C13H27N. The average molecular weight is 197 g/mol. The summed E-state index contributed by atoms with van der Waals surface area (Å²) in [6.45, 7) is 5.58. The molecule has 0 bridgehead atoms. The van der Waals surface area contributed by atoms with Gasteiger partial charge in [-0.15, -0.1) is 0 Å². The van der Waals surface area contributed by atoms with Gasteiger partial charge in [-0.3, -0.25) is 0 Å². The van der Waals surface area contributed by atoms with Crippen LogP contribution in [0.2, 0.25) is 0 Å². The van der Waals surface area contributed by atoms with Gasteiger partial charge < -0.3 is 5.73 Å². The van der Waals surface area contributed by atoms with Crippen LogP contribution in [0.3, 0.4) is 0 Å². The molecule has 1 aliphatic rings. The first-order chi connectivity index (χ1) is 6.81. The highest BCUT2D eigenvalue weighted by Crippen LogP contribution is 2.42. The van der Waals surface area contributed by atoms with Gasteiger partial charge in [-0.25, -0.2) is 0 Å². The third kappa shape index (κ3) is 3.27. The van der Waals surface area contributed by atoms with Crippen LogP contribution in [0.4, 0.5) is 0 Å². The van der Waals surface area contributed by atoms with E-state index in [-0.39, 0.29) is 0 Å². The van der Waals surface area contributed by atoms with E-state index >= 15 is 0 Å². The van der Waals surface area contributed by atoms with Gasteiger partial charge in [0.15, 0.2) is 0 Å². The topological polar surface area (TPSA) is 26.0 Å². The van der Waals surface area contributed by atoms with Crippen molar-refractivity contribution in [2.75, 3.05) is 6.54 Å². The highest BCUT2D eigenvalue weighted by molar-refractivity contribution is 4.82. The monoisotopic (exact) mass is 197 g/mol. The van der Waals surface area contributed by atoms with Crippen LogP contribution in [0.15, 0.2) is 0 Å². The molecule has 1 fully saturated rings. The molecule has 0 aromatic rings. The number of unbranched alkanes of at least 4 members (excludes halogenated alkanes) is 1. The van der Waals surface area contributed by atoms with Gasteiger partial charge in [-0.1, -0.05) is 39.5 Å². The van der Waals surface area contributed by atoms with E-state index in [0.29, 0.717) is 0 Å². The van der Waals surface area contributed by atoms with Gasteiger partial charge >= 0.3 is 0 Å². The minimum Gasteiger partial charge on any atom is -0.330 e. The quantitative estimate of drug-likeness (QED) is 0.647. The van der Waals surface area contributed by atoms with Gasteiger partial charge in [-0.2, -0.15) is 0 Å². The van der Waals surface area contributed by atoms with Crippen molar-refractivity contribution >= 4 is 0 Å². The van der Waals surface area contributed by atoms with Gasteiger partial charge in [-0.05, 0) is 43.6 Å². The van der Waals surface area contributed by atoms with E-state index in [0.717, 1.165) is 24.3 Å². The summed E-state index contributed by atoms with van der Waals surface area (Å²) < 4.78 is 0. The second-order valence-electron chi connectivity index (χ2n) is 4.96. The lowest BCUT2D eigenvalue weighted by Crippen LogP contribution is -2.07. The summed E-state index contributed by atoms with van der Waals surface area (Å²) in [5.41, 5.74) is 5.53. The largest absolute Gasteiger partial charge is 0.330 e. The van der Waals surface area contributed by atoms with Crippen LogP contribution in [0, 0.1) is 17.8 Å². The van der Waals surface area contributed by atoms with Crippen LogP contribution >= 0.6 is 0 Å². The Morgan fingerprint density at radius 3 is 2.29 bits per heavy atom. The summed E-state index contributed by atoms with van der Waals surface area (Å²) in [4.78, 5) is 0. The molecule has 1 rings (SSSR count). The Hall–Kier alpha value is -0.0400. The van der Waals surface area contributed by atoms with E-state index in [1.54, 1.807) is 0 Å². The molecule has 14 heavy (non-hydrogen) atoms. The fraction of sp³-hybridized carbons (Fsp3) is 1.00. The zero-order chi connectivity index (χ0) is 10.4. The van der Waals surface area contributed by atoms with E-state index < -0.39 is 0 Å². The van der Waals surface area contributed by atoms with Crippen molar-refractivity contribution < 1.29 is 0 Å². The lowest BCUT2D eigenvalue weighted by molar-refractivity contribution is 0.345. The van der Waals surface area contributed by atoms with Gasteiger partial charge in [0.05, 0.1) is 0 Å². The number of rotatable bonds is 6. The zero-order valence-corrected chi connectivity index (χ0v) is 9.97. The number of hydrogen-bond donors (Lipinski definition) is 1. The van der Waals surface area contributed by atoms with Gasteiger partial charge in [0.25, 0.3) is 0 Å². The molecular weight excluding hydrogens is 170 g/mol. The molecule has 0 saturated heterocycles. The Labute approximate surface area is 89.5 Å². The van der Waals surface area contributed by atoms with Gasteiger partial charge in [0.1, 0.15) is 0 Å². The number of nitrogens with two attached hydrogens (primary N) is 1. The molecule has 84 valence electrons. The summed E-state index contributed by atoms with van der Waals surface area (Å²) in [5.74, 6) is 3.08. The number of hydrogen-bond acceptors (Lipinski definition) is 1. The molecule has 0 aliphatic heterocycles. The summed E-state index contributed by atoms with van der Waals surface area (Å²) in [5, 5.41) is 0. The maximum absolute atomic E-state index is 5.53. The minimum absolute atomic E-state index is 0.876. The fourth-order valence-corrected chi connectivity index (χ4v) is 3.08. The predicted molar refractivity (Wildman–Crippen MR) is 63.2 cm³/mol. The van der Waals surface area contributed by atoms with E-state index in [2.05, 4.69) is 13.8 Å². The Bertz CT molecular complexity index is 144. The second-order valence-corrected chi connectivity index (χ2v) is 4.96. The third-order valence-electron chi connectivity index (χ3n) is 4.07. The van der Waals surface area contributed by atoms with Crippen LogP contribution < -0.4 is 5.73 Å². The summed E-state index contributed by atoms with van der Waals surface area (Å²) >= 11 is 0. The molecule has 1 aliphatic carbocycles. The van der Waals surface area contributed by atoms with Crippen molar-refractivity contribution in [1.29, 1.82) is 0 Å². The van der Waals surface area contributed by atoms with Crippen molar-refractivity contribution in [3.05, 3.63) is 0 Å². The van der Waals surface area contributed by atoms with Crippen LogP contribution in [0.5, 0.6) is 0 Å². The van der Waals surface area contributed by atoms with Crippen LogP contribution in [-0.4, -0.2) is 6.54 Å². The average Bonchev–Trinajstić information content (AvgIpc) is 2.61. The van der Waals surface area contributed by atoms with E-state index in [4.69, 9.17) is 5.73 Å². The van der Waals surface area contributed by atoms with Crippen molar-refractivity contribution in [3.63, 3.8) is 0 Å². The first-order valence-corrected chi connectivity index (χ1v) is 6.51. The van der Waals surface area contributed by atoms with E-state index in [1.807, 2.05) is 0 Å². The SMILES string of the molecule is CCC1CC(CC)C(CCCCN)C1. The first kappa shape index (κ1) is 12.0. The maximum Gasteiger partial charge on any atom is -0.00773 e. The molecule has 0 aromatic heterocycles. The molecule has 3 atom stereocenters. The van der Waals surface area contributed by atoms with Crippen molar-refractivity contribution in [3.8, 4) is 0 Å². The zero-order valence-electron chi connectivity index (χ0n) is 9.97. The van der Waals surface area contributed by atoms with E-state index in [1.165, 1.54) is 44.9 Å². The summed E-state index contributed by atoms with van der Waals surface area (Å²) in [6.07, 6.45) is 9.80. The van der Waals surface area contributed by atoms with Crippen molar-refractivity contribution in [1.82, 2.24) is 0 Å². The smallest absolute Gasteiger partial charge is 0.00773 e. The fourth-order valence-electron chi connectivity index (χ4n) is 3.08. The molecule has 2 N–H and O–H groups in total. The standard InChI is InChI=1S/C13H27N/c1-3-11-9-12(4-2)13(10-11)7-5-6-8-14/h11-13H,3-10,14H2,1-2H3. The van der Waals surface area contributed by atoms with Gasteiger partial charge in [0.2, 0.25) is 0 Å². The van der Waals surface area contributed by atoms with E-state index in [9.17, 15) is 0 Å². The molecule has 3 unspecified atom stereocenters. The summed E-state index contributed by atoms with van der Waals surface area (Å²) in [7, 11) is 0. The Kier molecular flexibility index (Phi) is 5.54. The molecule has 0 heterocycles. The third-order valence-corrected chi connectivity index (χ3v) is 4.07. The normalized spacial score (nSPS) is 32.4. The Morgan fingerprint density at radius 1 is 1.00 bits per heavy atom. The molecule has 1 saturated carbocycles.